The lowest BCUT2D eigenvalue weighted by Gasteiger charge is -2.12. The van der Waals surface area contributed by atoms with Gasteiger partial charge in [-0.2, -0.15) is 0 Å². The van der Waals surface area contributed by atoms with Gasteiger partial charge in [0.25, 0.3) is 5.91 Å². The third-order valence-electron chi connectivity index (χ3n) is 4.46. The van der Waals surface area contributed by atoms with Crippen LogP contribution in [0.25, 0.3) is 6.08 Å². The molecule has 2 N–H and O–H groups in total. The summed E-state index contributed by atoms with van der Waals surface area (Å²) in [6, 6.07) is 13.6. The molecule has 2 aromatic carbocycles. The van der Waals surface area contributed by atoms with Gasteiger partial charge in [0.1, 0.15) is 5.75 Å². The molecule has 1 heterocycles. The van der Waals surface area contributed by atoms with Gasteiger partial charge in [-0.25, -0.2) is 0 Å². The predicted molar refractivity (Wildman–Crippen MR) is 122 cm³/mol. The van der Waals surface area contributed by atoms with Crippen molar-refractivity contribution in [3.63, 3.8) is 0 Å². The molecule has 3 aromatic rings. The van der Waals surface area contributed by atoms with Crippen molar-refractivity contribution in [2.45, 2.75) is 0 Å². The van der Waals surface area contributed by atoms with Crippen molar-refractivity contribution >= 4 is 29.3 Å². The maximum atomic E-state index is 12.4. The van der Waals surface area contributed by atoms with Gasteiger partial charge in [-0.1, -0.05) is 6.07 Å². The minimum absolute atomic E-state index is 0.290. The number of carbonyl (C=O) groups is 2. The van der Waals surface area contributed by atoms with Crippen LogP contribution in [-0.4, -0.2) is 38.1 Å². The third kappa shape index (κ3) is 5.63. The van der Waals surface area contributed by atoms with Gasteiger partial charge < -0.3 is 24.8 Å². The number of hydrogen-bond acceptors (Lipinski definition) is 6. The summed E-state index contributed by atoms with van der Waals surface area (Å²) in [6.45, 7) is 0. The lowest BCUT2D eigenvalue weighted by atomic mass is 10.1. The molecule has 3 rings (SSSR count). The van der Waals surface area contributed by atoms with Crippen molar-refractivity contribution in [1.82, 2.24) is 4.98 Å². The van der Waals surface area contributed by atoms with Crippen LogP contribution in [-0.2, 0) is 4.79 Å². The van der Waals surface area contributed by atoms with Crippen molar-refractivity contribution in [3.8, 4) is 17.2 Å². The number of methoxy groups -OCH3 is 3. The van der Waals surface area contributed by atoms with Crippen LogP contribution in [0, 0.1) is 0 Å². The Morgan fingerprint density at radius 3 is 2.19 bits per heavy atom. The van der Waals surface area contributed by atoms with E-state index < -0.39 is 0 Å². The highest BCUT2D eigenvalue weighted by molar-refractivity contribution is 6.05. The van der Waals surface area contributed by atoms with Crippen molar-refractivity contribution in [2.75, 3.05) is 32.0 Å². The average molecular weight is 433 g/mol. The molecule has 0 aliphatic rings. The molecule has 0 atom stereocenters. The Morgan fingerprint density at radius 1 is 0.844 bits per heavy atom. The van der Waals surface area contributed by atoms with Crippen LogP contribution in [0.1, 0.15) is 15.9 Å². The summed E-state index contributed by atoms with van der Waals surface area (Å²) in [5.41, 5.74) is 2.16. The Kier molecular flexibility index (Phi) is 7.42. The molecule has 0 spiro atoms. The first-order valence-corrected chi connectivity index (χ1v) is 9.64. The second-order valence-electron chi connectivity index (χ2n) is 6.55. The normalized spacial score (nSPS) is 10.5. The molecule has 1 aromatic heterocycles. The second kappa shape index (κ2) is 10.6. The molecule has 0 unspecified atom stereocenters. The van der Waals surface area contributed by atoms with Crippen LogP contribution in [0.4, 0.5) is 11.4 Å². The van der Waals surface area contributed by atoms with Crippen LogP contribution in [0.15, 0.2) is 67.0 Å². The number of pyridine rings is 1. The average Bonchev–Trinajstić information content (AvgIpc) is 2.82. The fraction of sp³-hybridized carbons (Fsp3) is 0.125. The topological polar surface area (TPSA) is 98.8 Å². The summed E-state index contributed by atoms with van der Waals surface area (Å²) in [5, 5.41) is 5.55. The number of rotatable bonds is 8. The summed E-state index contributed by atoms with van der Waals surface area (Å²) < 4.78 is 15.9. The molecule has 0 saturated heterocycles. The molecule has 32 heavy (non-hydrogen) atoms. The number of hydrogen-bond donors (Lipinski definition) is 2. The van der Waals surface area contributed by atoms with Crippen molar-refractivity contribution in [3.05, 3.63) is 78.1 Å². The fourth-order valence-corrected chi connectivity index (χ4v) is 2.91. The molecule has 0 radical (unpaired) electrons. The number of carbonyl (C=O) groups excluding carboxylic acids is 2. The molecule has 0 bridgehead atoms. The van der Waals surface area contributed by atoms with Gasteiger partial charge in [0.15, 0.2) is 11.5 Å². The predicted octanol–water partition coefficient (Wildman–Crippen LogP) is 4.01. The number of anilines is 2. The first kappa shape index (κ1) is 22.4. The van der Waals surface area contributed by atoms with Crippen molar-refractivity contribution in [1.29, 1.82) is 0 Å². The van der Waals surface area contributed by atoms with Crippen molar-refractivity contribution in [2.24, 2.45) is 0 Å². The van der Waals surface area contributed by atoms with Gasteiger partial charge in [-0.3, -0.25) is 14.6 Å². The molecule has 0 saturated carbocycles. The summed E-state index contributed by atoms with van der Waals surface area (Å²) in [5.74, 6) is 0.938. The summed E-state index contributed by atoms with van der Waals surface area (Å²) in [6.07, 6.45) is 6.07. The quantitative estimate of drug-likeness (QED) is 0.521. The molecule has 0 aliphatic carbocycles. The number of amides is 2. The van der Waals surface area contributed by atoms with E-state index in [1.165, 1.54) is 33.6 Å². The number of benzene rings is 2. The van der Waals surface area contributed by atoms with E-state index in [0.29, 0.717) is 39.8 Å². The van der Waals surface area contributed by atoms with Crippen LogP contribution < -0.4 is 24.8 Å². The first-order valence-electron chi connectivity index (χ1n) is 9.64. The highest BCUT2D eigenvalue weighted by atomic mass is 16.5. The molecule has 0 aliphatic heterocycles. The fourth-order valence-electron chi connectivity index (χ4n) is 2.91. The van der Waals surface area contributed by atoms with E-state index in [-0.39, 0.29) is 11.8 Å². The molecule has 2 amide bonds. The summed E-state index contributed by atoms with van der Waals surface area (Å²) in [4.78, 5) is 28.6. The smallest absolute Gasteiger partial charge is 0.257 e. The number of ether oxygens (including phenoxy) is 3. The van der Waals surface area contributed by atoms with Gasteiger partial charge in [-0.15, -0.1) is 0 Å². The minimum atomic E-state index is -0.349. The second-order valence-corrected chi connectivity index (χ2v) is 6.55. The molecule has 0 fully saturated rings. The van der Waals surface area contributed by atoms with Gasteiger partial charge in [0.2, 0.25) is 5.91 Å². The Hall–Kier alpha value is -4.33. The Labute approximate surface area is 185 Å². The van der Waals surface area contributed by atoms with Gasteiger partial charge in [0, 0.05) is 41.5 Å². The lowest BCUT2D eigenvalue weighted by molar-refractivity contribution is -0.111. The van der Waals surface area contributed by atoms with Gasteiger partial charge in [0.05, 0.1) is 26.9 Å². The Balaban J connectivity index is 1.69. The maximum absolute atomic E-state index is 12.4. The Bertz CT molecular complexity index is 1130. The number of nitrogens with zero attached hydrogens (tertiary/aromatic N) is 1. The van der Waals surface area contributed by atoms with E-state index in [0.717, 1.165) is 0 Å². The van der Waals surface area contributed by atoms with Crippen LogP contribution in [0.3, 0.4) is 0 Å². The van der Waals surface area contributed by atoms with Crippen LogP contribution in [0.5, 0.6) is 17.2 Å². The monoisotopic (exact) mass is 433 g/mol. The van der Waals surface area contributed by atoms with Gasteiger partial charge in [-0.05, 0) is 42.5 Å². The zero-order chi connectivity index (χ0) is 22.9. The van der Waals surface area contributed by atoms with Crippen LogP contribution in [0.2, 0.25) is 0 Å². The van der Waals surface area contributed by atoms with Crippen molar-refractivity contribution < 1.29 is 23.8 Å². The zero-order valence-electron chi connectivity index (χ0n) is 17.9. The highest BCUT2D eigenvalue weighted by Gasteiger charge is 2.11. The molecule has 8 heteroatoms. The largest absolute Gasteiger partial charge is 0.496 e. The van der Waals surface area contributed by atoms with E-state index in [1.54, 1.807) is 60.8 Å². The third-order valence-corrected chi connectivity index (χ3v) is 4.46. The Morgan fingerprint density at radius 2 is 1.53 bits per heavy atom. The summed E-state index contributed by atoms with van der Waals surface area (Å²) in [7, 11) is 4.60. The first-order chi connectivity index (χ1) is 15.5. The van der Waals surface area contributed by atoms with Crippen LogP contribution >= 0.6 is 0 Å². The standard InChI is InChI=1S/C24H23N3O5/c1-30-20-14-22(32-3)21(31-2)12-16(20)9-10-23(28)26-18-7-4-8-19(13-18)27-24(29)17-6-5-11-25-15-17/h4-15H,1-3H3,(H,26,28)(H,27,29)/b10-9+. The molecular weight excluding hydrogens is 410 g/mol. The van der Waals surface area contributed by atoms with E-state index in [1.807, 2.05) is 0 Å². The van der Waals surface area contributed by atoms with E-state index in [4.69, 9.17) is 14.2 Å². The summed E-state index contributed by atoms with van der Waals surface area (Å²) >= 11 is 0. The highest BCUT2D eigenvalue weighted by Crippen LogP contribution is 2.35. The number of aromatic nitrogens is 1. The molecule has 8 nitrogen and oxygen atoms in total. The zero-order valence-corrected chi connectivity index (χ0v) is 17.9. The van der Waals surface area contributed by atoms with Gasteiger partial charge >= 0.3 is 0 Å². The molecule has 164 valence electrons. The number of nitrogens with one attached hydrogen (secondary N) is 2. The van der Waals surface area contributed by atoms with E-state index in [2.05, 4.69) is 15.6 Å². The molecular formula is C24H23N3O5. The van der Waals surface area contributed by atoms with E-state index >= 15 is 0 Å². The van der Waals surface area contributed by atoms with E-state index in [9.17, 15) is 9.59 Å². The maximum Gasteiger partial charge on any atom is 0.257 e. The SMILES string of the molecule is COc1cc(OC)c(OC)cc1/C=C/C(=O)Nc1cccc(NC(=O)c2cccnc2)c1. The minimum Gasteiger partial charge on any atom is -0.496 e. The lowest BCUT2D eigenvalue weighted by Crippen LogP contribution is -2.13.